The van der Waals surface area contributed by atoms with Crippen LogP contribution in [0.15, 0.2) is 30.3 Å². The highest BCUT2D eigenvalue weighted by Crippen LogP contribution is 2.05. The SMILES string of the molecule is N#CC=Cc1cccc(C(=N)N)c1. The second-order valence-electron chi connectivity index (χ2n) is 2.50. The number of nitrogen functional groups attached to an aromatic ring is 1. The molecule has 0 saturated carbocycles. The van der Waals surface area contributed by atoms with Gasteiger partial charge < -0.3 is 5.73 Å². The molecule has 64 valence electrons. The molecule has 1 rings (SSSR count). The van der Waals surface area contributed by atoms with Gasteiger partial charge in [0.1, 0.15) is 5.84 Å². The van der Waals surface area contributed by atoms with Crippen LogP contribution >= 0.6 is 0 Å². The van der Waals surface area contributed by atoms with Crippen LogP contribution in [0.3, 0.4) is 0 Å². The van der Waals surface area contributed by atoms with Crippen molar-refractivity contribution in [2.24, 2.45) is 5.73 Å². The summed E-state index contributed by atoms with van der Waals surface area (Å²) in [5, 5.41) is 15.5. The third kappa shape index (κ3) is 2.46. The van der Waals surface area contributed by atoms with E-state index in [9.17, 15) is 0 Å². The number of amidine groups is 1. The quantitative estimate of drug-likeness (QED) is 0.402. The first-order chi connectivity index (χ1) is 6.24. The summed E-state index contributed by atoms with van der Waals surface area (Å²) in [7, 11) is 0. The summed E-state index contributed by atoms with van der Waals surface area (Å²) in [5.41, 5.74) is 6.84. The standard InChI is InChI=1S/C10H9N3/c11-6-2-4-8-3-1-5-9(7-8)10(12)13/h1-5,7H,(H3,12,13). The van der Waals surface area contributed by atoms with E-state index in [2.05, 4.69) is 0 Å². The van der Waals surface area contributed by atoms with Crippen LogP contribution in [0.1, 0.15) is 11.1 Å². The third-order valence-electron chi connectivity index (χ3n) is 1.55. The maximum atomic E-state index is 8.30. The molecule has 0 bridgehead atoms. The lowest BCUT2D eigenvalue weighted by molar-refractivity contribution is 1.42. The zero-order valence-electron chi connectivity index (χ0n) is 6.99. The van der Waals surface area contributed by atoms with Crippen molar-refractivity contribution in [3.63, 3.8) is 0 Å². The molecular formula is C10H9N3. The van der Waals surface area contributed by atoms with Gasteiger partial charge in [0.05, 0.1) is 6.07 Å². The molecule has 13 heavy (non-hydrogen) atoms. The number of allylic oxidation sites excluding steroid dienone is 1. The monoisotopic (exact) mass is 171 g/mol. The predicted octanol–water partition coefficient (Wildman–Crippen LogP) is 1.51. The van der Waals surface area contributed by atoms with Gasteiger partial charge in [-0.25, -0.2) is 0 Å². The second kappa shape index (κ2) is 4.07. The zero-order valence-corrected chi connectivity index (χ0v) is 6.99. The zero-order chi connectivity index (χ0) is 9.68. The van der Waals surface area contributed by atoms with Crippen LogP contribution in [0.2, 0.25) is 0 Å². The number of rotatable bonds is 2. The van der Waals surface area contributed by atoms with Crippen LogP contribution in [0, 0.1) is 16.7 Å². The Labute approximate surface area is 76.6 Å². The molecule has 0 heterocycles. The molecule has 3 heteroatoms. The molecule has 1 aromatic rings. The van der Waals surface area contributed by atoms with Gasteiger partial charge in [-0.05, 0) is 17.7 Å². The molecule has 0 aliphatic rings. The van der Waals surface area contributed by atoms with Crippen LogP contribution in [0.4, 0.5) is 0 Å². The van der Waals surface area contributed by atoms with E-state index in [0.717, 1.165) is 5.56 Å². The lowest BCUT2D eigenvalue weighted by Gasteiger charge is -1.98. The summed E-state index contributed by atoms with van der Waals surface area (Å²) in [6.07, 6.45) is 3.06. The van der Waals surface area contributed by atoms with Crippen LogP contribution in [0.25, 0.3) is 6.08 Å². The topological polar surface area (TPSA) is 73.7 Å². The lowest BCUT2D eigenvalue weighted by Crippen LogP contribution is -2.10. The highest BCUT2D eigenvalue weighted by atomic mass is 14.7. The maximum Gasteiger partial charge on any atom is 0.122 e. The third-order valence-corrected chi connectivity index (χ3v) is 1.55. The number of nitriles is 1. The Kier molecular flexibility index (Phi) is 2.82. The van der Waals surface area contributed by atoms with Crippen molar-refractivity contribution >= 4 is 11.9 Å². The highest BCUT2D eigenvalue weighted by molar-refractivity contribution is 5.95. The smallest absolute Gasteiger partial charge is 0.122 e. The molecular weight excluding hydrogens is 162 g/mol. The first kappa shape index (κ1) is 9.01. The molecule has 0 saturated heterocycles. The molecule has 3 nitrogen and oxygen atoms in total. The average molecular weight is 171 g/mol. The van der Waals surface area contributed by atoms with Crippen LogP contribution < -0.4 is 5.73 Å². The fourth-order valence-corrected chi connectivity index (χ4v) is 0.943. The fraction of sp³-hybridized carbons (Fsp3) is 0. The van der Waals surface area contributed by atoms with Crippen molar-refractivity contribution in [2.75, 3.05) is 0 Å². The van der Waals surface area contributed by atoms with Crippen LogP contribution in [0.5, 0.6) is 0 Å². The Morgan fingerprint density at radius 1 is 1.54 bits per heavy atom. The molecule has 0 atom stereocenters. The van der Waals surface area contributed by atoms with E-state index in [1.165, 1.54) is 6.08 Å². The summed E-state index contributed by atoms with van der Waals surface area (Å²) >= 11 is 0. The Morgan fingerprint density at radius 2 is 2.31 bits per heavy atom. The minimum Gasteiger partial charge on any atom is -0.384 e. The molecule has 0 unspecified atom stereocenters. The molecule has 0 aliphatic heterocycles. The van der Waals surface area contributed by atoms with Gasteiger partial charge in [0.25, 0.3) is 0 Å². The summed E-state index contributed by atoms with van der Waals surface area (Å²) in [6, 6.07) is 9.06. The van der Waals surface area contributed by atoms with Gasteiger partial charge in [0, 0.05) is 11.6 Å². The molecule has 0 spiro atoms. The summed E-state index contributed by atoms with van der Waals surface area (Å²) < 4.78 is 0. The molecule has 0 fully saturated rings. The normalized spacial score (nSPS) is 9.77. The van der Waals surface area contributed by atoms with E-state index in [0.29, 0.717) is 5.56 Å². The van der Waals surface area contributed by atoms with E-state index >= 15 is 0 Å². The van der Waals surface area contributed by atoms with Gasteiger partial charge in [-0.1, -0.05) is 18.2 Å². The Balaban J connectivity index is 3.00. The largest absolute Gasteiger partial charge is 0.384 e. The highest BCUT2D eigenvalue weighted by Gasteiger charge is 1.94. The Hall–Kier alpha value is -2.08. The first-order valence-electron chi connectivity index (χ1n) is 3.74. The molecule has 3 N–H and O–H groups in total. The van der Waals surface area contributed by atoms with Crippen LogP contribution in [-0.2, 0) is 0 Å². The number of benzene rings is 1. The summed E-state index contributed by atoms with van der Waals surface area (Å²) in [6.45, 7) is 0. The molecule has 0 amide bonds. The number of hydrogen-bond donors (Lipinski definition) is 2. The molecule has 0 radical (unpaired) electrons. The number of nitrogens with two attached hydrogens (primary N) is 1. The average Bonchev–Trinajstić information content (AvgIpc) is 2.15. The van der Waals surface area contributed by atoms with Crippen LogP contribution in [-0.4, -0.2) is 5.84 Å². The van der Waals surface area contributed by atoms with Crippen molar-refractivity contribution in [2.45, 2.75) is 0 Å². The van der Waals surface area contributed by atoms with Crippen molar-refractivity contribution in [1.82, 2.24) is 0 Å². The minimum absolute atomic E-state index is 0.0345. The maximum absolute atomic E-state index is 8.30. The molecule has 0 aliphatic carbocycles. The predicted molar refractivity (Wildman–Crippen MR) is 52.1 cm³/mol. The summed E-state index contributed by atoms with van der Waals surface area (Å²) in [5.74, 6) is 0.0345. The van der Waals surface area contributed by atoms with Gasteiger partial charge in [0.2, 0.25) is 0 Å². The van der Waals surface area contributed by atoms with Gasteiger partial charge in [-0.15, -0.1) is 0 Å². The number of nitrogens with zero attached hydrogens (tertiary/aromatic N) is 1. The minimum atomic E-state index is 0.0345. The van der Waals surface area contributed by atoms with E-state index in [1.807, 2.05) is 12.1 Å². The van der Waals surface area contributed by atoms with Crippen molar-refractivity contribution in [1.29, 1.82) is 10.7 Å². The lowest BCUT2D eigenvalue weighted by atomic mass is 10.1. The number of hydrogen-bond acceptors (Lipinski definition) is 2. The Morgan fingerprint density at radius 3 is 2.92 bits per heavy atom. The fourth-order valence-electron chi connectivity index (χ4n) is 0.943. The Bertz CT molecular complexity index is 385. The van der Waals surface area contributed by atoms with Gasteiger partial charge in [-0.3, -0.25) is 5.41 Å². The second-order valence-corrected chi connectivity index (χ2v) is 2.50. The van der Waals surface area contributed by atoms with Gasteiger partial charge >= 0.3 is 0 Å². The molecule has 0 aromatic heterocycles. The van der Waals surface area contributed by atoms with E-state index < -0.39 is 0 Å². The van der Waals surface area contributed by atoms with Crippen molar-refractivity contribution in [3.05, 3.63) is 41.5 Å². The summed E-state index contributed by atoms with van der Waals surface area (Å²) in [4.78, 5) is 0. The molecule has 1 aromatic carbocycles. The van der Waals surface area contributed by atoms with Crippen molar-refractivity contribution < 1.29 is 0 Å². The van der Waals surface area contributed by atoms with Gasteiger partial charge in [-0.2, -0.15) is 5.26 Å². The van der Waals surface area contributed by atoms with E-state index in [4.69, 9.17) is 16.4 Å². The first-order valence-corrected chi connectivity index (χ1v) is 3.74. The van der Waals surface area contributed by atoms with E-state index in [1.54, 1.807) is 24.3 Å². The van der Waals surface area contributed by atoms with Gasteiger partial charge in [0.15, 0.2) is 0 Å². The van der Waals surface area contributed by atoms with E-state index in [-0.39, 0.29) is 5.84 Å². The number of nitrogens with one attached hydrogen (secondary N) is 1. The van der Waals surface area contributed by atoms with Crippen molar-refractivity contribution in [3.8, 4) is 6.07 Å².